The zero-order valence-electron chi connectivity index (χ0n) is 11.2. The van der Waals surface area contributed by atoms with Crippen molar-refractivity contribution in [2.75, 3.05) is 19.8 Å². The van der Waals surface area contributed by atoms with E-state index in [1.165, 1.54) is 0 Å². The van der Waals surface area contributed by atoms with Crippen molar-refractivity contribution in [3.05, 3.63) is 29.6 Å². The molecule has 21 heavy (non-hydrogen) atoms. The van der Waals surface area contributed by atoms with Crippen LogP contribution in [0.1, 0.15) is 18.4 Å². The van der Waals surface area contributed by atoms with Crippen molar-refractivity contribution in [3.63, 3.8) is 0 Å². The maximum atomic E-state index is 13.3. The fourth-order valence-electron chi connectivity index (χ4n) is 2.16. The van der Waals surface area contributed by atoms with E-state index < -0.39 is 21.4 Å². The van der Waals surface area contributed by atoms with E-state index in [4.69, 9.17) is 10.00 Å². The predicted octanol–water partition coefficient (Wildman–Crippen LogP) is 0.517. The van der Waals surface area contributed by atoms with E-state index in [2.05, 4.69) is 4.72 Å². The highest BCUT2D eigenvalue weighted by Gasteiger charge is 2.36. The number of sulfonamides is 1. The van der Waals surface area contributed by atoms with Crippen molar-refractivity contribution in [1.82, 2.24) is 4.72 Å². The Kier molecular flexibility index (Phi) is 4.58. The second kappa shape index (κ2) is 6.07. The van der Waals surface area contributed by atoms with Crippen LogP contribution in [0.15, 0.2) is 23.1 Å². The standard InChI is InChI=1S/C13H15FN2O4S/c14-12-2-1-11(7-10(12)8-15)21(18,19)16-13(9-17)3-5-20-6-4-13/h1-2,7,16-17H,3-6,9H2. The molecule has 1 aliphatic heterocycles. The molecule has 0 bridgehead atoms. The van der Waals surface area contributed by atoms with E-state index in [1.807, 2.05) is 0 Å². The highest BCUT2D eigenvalue weighted by molar-refractivity contribution is 7.89. The summed E-state index contributed by atoms with van der Waals surface area (Å²) in [5, 5.41) is 18.3. The van der Waals surface area contributed by atoms with Crippen LogP contribution in [-0.2, 0) is 14.8 Å². The van der Waals surface area contributed by atoms with Crippen LogP contribution in [0.25, 0.3) is 0 Å². The lowest BCUT2D eigenvalue weighted by atomic mass is 9.93. The molecule has 1 aromatic rings. The molecule has 1 aliphatic rings. The summed E-state index contributed by atoms with van der Waals surface area (Å²) in [7, 11) is -3.96. The topological polar surface area (TPSA) is 99.4 Å². The number of benzene rings is 1. The van der Waals surface area contributed by atoms with Gasteiger partial charge in [0, 0.05) is 13.2 Å². The van der Waals surface area contributed by atoms with Crippen LogP contribution < -0.4 is 4.72 Å². The molecule has 0 spiro atoms. The molecular formula is C13H15FN2O4S. The molecule has 2 N–H and O–H groups in total. The van der Waals surface area contributed by atoms with Gasteiger partial charge in [-0.25, -0.2) is 17.5 Å². The summed E-state index contributed by atoms with van der Waals surface area (Å²) in [5.41, 5.74) is -1.33. The molecule has 0 radical (unpaired) electrons. The maximum Gasteiger partial charge on any atom is 0.241 e. The molecule has 1 heterocycles. The van der Waals surface area contributed by atoms with Gasteiger partial charge in [-0.3, -0.25) is 0 Å². The van der Waals surface area contributed by atoms with Gasteiger partial charge < -0.3 is 9.84 Å². The monoisotopic (exact) mass is 314 g/mol. The van der Waals surface area contributed by atoms with Crippen molar-refractivity contribution in [2.24, 2.45) is 0 Å². The molecule has 0 amide bonds. The lowest BCUT2D eigenvalue weighted by Gasteiger charge is -2.35. The zero-order chi connectivity index (χ0) is 15.5. The molecule has 0 aromatic heterocycles. The zero-order valence-corrected chi connectivity index (χ0v) is 12.0. The summed E-state index contributed by atoms with van der Waals surface area (Å²) in [6.45, 7) is 0.327. The van der Waals surface area contributed by atoms with Gasteiger partial charge in [-0.1, -0.05) is 0 Å². The van der Waals surface area contributed by atoms with E-state index in [0.717, 1.165) is 18.2 Å². The molecular weight excluding hydrogens is 299 g/mol. The third kappa shape index (κ3) is 3.39. The van der Waals surface area contributed by atoms with Gasteiger partial charge in [-0.2, -0.15) is 5.26 Å². The Morgan fingerprint density at radius 1 is 1.43 bits per heavy atom. The Balaban J connectivity index is 2.32. The van der Waals surface area contributed by atoms with E-state index >= 15 is 0 Å². The Morgan fingerprint density at radius 2 is 2.10 bits per heavy atom. The number of rotatable bonds is 4. The summed E-state index contributed by atoms with van der Waals surface area (Å²) < 4.78 is 45.6. The third-order valence-electron chi connectivity index (χ3n) is 3.47. The quantitative estimate of drug-likeness (QED) is 0.844. The number of nitriles is 1. The fraction of sp³-hybridized carbons (Fsp3) is 0.462. The number of hydrogen-bond donors (Lipinski definition) is 2. The van der Waals surface area contributed by atoms with Crippen molar-refractivity contribution in [2.45, 2.75) is 23.3 Å². The van der Waals surface area contributed by atoms with Gasteiger partial charge in [0.1, 0.15) is 11.9 Å². The van der Waals surface area contributed by atoms with Gasteiger partial charge in [0.05, 0.1) is 22.6 Å². The smallest absolute Gasteiger partial charge is 0.241 e. The first kappa shape index (κ1) is 15.9. The lowest BCUT2D eigenvalue weighted by molar-refractivity contribution is 0.0223. The number of nitrogens with one attached hydrogen (secondary N) is 1. The van der Waals surface area contributed by atoms with Crippen LogP contribution in [0.3, 0.4) is 0 Å². The number of aliphatic hydroxyl groups is 1. The van der Waals surface area contributed by atoms with Gasteiger partial charge in [0.2, 0.25) is 10.0 Å². The number of aliphatic hydroxyl groups excluding tert-OH is 1. The normalized spacial score (nSPS) is 18.1. The lowest BCUT2D eigenvalue weighted by Crippen LogP contribution is -2.54. The average Bonchev–Trinajstić information content (AvgIpc) is 2.48. The molecule has 114 valence electrons. The van der Waals surface area contributed by atoms with Crippen molar-refractivity contribution in [1.29, 1.82) is 5.26 Å². The summed E-state index contributed by atoms with van der Waals surface area (Å²) in [4.78, 5) is -0.209. The van der Waals surface area contributed by atoms with Gasteiger partial charge in [-0.05, 0) is 31.0 Å². The summed E-state index contributed by atoms with van der Waals surface area (Å²) in [5.74, 6) is -0.778. The molecule has 1 fully saturated rings. The fourth-order valence-corrected chi connectivity index (χ4v) is 3.63. The predicted molar refractivity (Wildman–Crippen MR) is 71.3 cm³/mol. The first-order valence-electron chi connectivity index (χ1n) is 6.35. The molecule has 0 atom stereocenters. The van der Waals surface area contributed by atoms with E-state index in [0.29, 0.717) is 26.1 Å². The molecule has 8 heteroatoms. The van der Waals surface area contributed by atoms with E-state index in [1.54, 1.807) is 6.07 Å². The number of halogens is 1. The molecule has 2 rings (SSSR count). The van der Waals surface area contributed by atoms with Crippen LogP contribution in [0.4, 0.5) is 4.39 Å². The summed E-state index contributed by atoms with van der Waals surface area (Å²) >= 11 is 0. The maximum absolute atomic E-state index is 13.3. The van der Waals surface area contributed by atoms with Crippen molar-refractivity contribution in [3.8, 4) is 6.07 Å². The second-order valence-electron chi connectivity index (χ2n) is 4.91. The Labute approximate surface area is 122 Å². The van der Waals surface area contributed by atoms with Crippen molar-refractivity contribution < 1.29 is 22.7 Å². The summed E-state index contributed by atoms with van der Waals surface area (Å²) in [6, 6.07) is 4.59. The van der Waals surface area contributed by atoms with E-state index in [9.17, 15) is 17.9 Å². The SMILES string of the molecule is N#Cc1cc(S(=O)(=O)NC2(CO)CCOCC2)ccc1F. The largest absolute Gasteiger partial charge is 0.394 e. The first-order chi connectivity index (χ1) is 9.92. The average molecular weight is 314 g/mol. The molecule has 1 aromatic carbocycles. The van der Waals surface area contributed by atoms with Crippen LogP contribution in [0.5, 0.6) is 0 Å². The number of ether oxygens (including phenoxy) is 1. The van der Waals surface area contributed by atoms with E-state index in [-0.39, 0.29) is 17.1 Å². The Bertz CT molecular complexity index is 663. The van der Waals surface area contributed by atoms with Crippen LogP contribution in [0.2, 0.25) is 0 Å². The molecule has 0 saturated carbocycles. The van der Waals surface area contributed by atoms with Crippen LogP contribution in [-0.4, -0.2) is 38.9 Å². The minimum absolute atomic E-state index is 0.209. The molecule has 1 saturated heterocycles. The number of hydrogen-bond acceptors (Lipinski definition) is 5. The molecule has 6 nitrogen and oxygen atoms in total. The van der Waals surface area contributed by atoms with Crippen molar-refractivity contribution >= 4 is 10.0 Å². The number of nitrogens with zero attached hydrogens (tertiary/aromatic N) is 1. The highest BCUT2D eigenvalue weighted by atomic mass is 32.2. The van der Waals surface area contributed by atoms with Gasteiger partial charge in [-0.15, -0.1) is 0 Å². The minimum atomic E-state index is -3.96. The summed E-state index contributed by atoms with van der Waals surface area (Å²) in [6.07, 6.45) is 0.685. The van der Waals surface area contributed by atoms with Gasteiger partial charge in [0.25, 0.3) is 0 Å². The van der Waals surface area contributed by atoms with Gasteiger partial charge in [0.15, 0.2) is 0 Å². The Hall–Kier alpha value is -1.53. The minimum Gasteiger partial charge on any atom is -0.394 e. The molecule has 0 aliphatic carbocycles. The first-order valence-corrected chi connectivity index (χ1v) is 7.83. The second-order valence-corrected chi connectivity index (χ2v) is 6.59. The van der Waals surface area contributed by atoms with Gasteiger partial charge >= 0.3 is 0 Å². The van der Waals surface area contributed by atoms with Crippen LogP contribution in [0, 0.1) is 17.1 Å². The molecule has 0 unspecified atom stereocenters. The Morgan fingerprint density at radius 3 is 2.67 bits per heavy atom. The highest BCUT2D eigenvalue weighted by Crippen LogP contribution is 2.24. The van der Waals surface area contributed by atoms with Crippen LogP contribution >= 0.6 is 0 Å². The third-order valence-corrected chi connectivity index (χ3v) is 5.05.